The Morgan fingerprint density at radius 2 is 1.82 bits per heavy atom. The predicted molar refractivity (Wildman–Crippen MR) is 72.0 cm³/mol. The number of hydrogen-bond donors (Lipinski definition) is 0. The molecule has 0 radical (unpaired) electrons. The Kier molecular flexibility index (Phi) is 2.59. The van der Waals surface area contributed by atoms with E-state index in [0.717, 1.165) is 12.8 Å². The molecule has 0 amide bonds. The van der Waals surface area contributed by atoms with Crippen LogP contribution in [-0.4, -0.2) is 13.9 Å². The topological polar surface area (TPSA) is 33.0 Å². The average Bonchev–Trinajstić information content (AvgIpc) is 2.47. The van der Waals surface area contributed by atoms with Crippen molar-refractivity contribution in [1.82, 2.24) is 0 Å². The van der Waals surface area contributed by atoms with Crippen LogP contribution in [0.1, 0.15) is 40.0 Å². The Labute approximate surface area is 106 Å². The van der Waals surface area contributed by atoms with Crippen LogP contribution in [-0.2, 0) is 4.43 Å². The second kappa shape index (κ2) is 3.36. The molecule has 0 aromatic rings. The second-order valence-corrected chi connectivity index (χ2v) is 12.1. The van der Waals surface area contributed by atoms with Gasteiger partial charge in [0.1, 0.15) is 5.60 Å². The third-order valence-corrected chi connectivity index (χ3v) is 6.48. The number of nitriles is 1. The molecule has 0 saturated heterocycles. The van der Waals surface area contributed by atoms with E-state index < -0.39 is 13.9 Å². The van der Waals surface area contributed by atoms with Crippen molar-refractivity contribution in [3.8, 4) is 6.07 Å². The van der Waals surface area contributed by atoms with Crippen LogP contribution in [0.4, 0.5) is 0 Å². The first kappa shape index (κ1) is 13.1. The molecule has 2 rings (SSSR count). The summed E-state index contributed by atoms with van der Waals surface area (Å²) in [6, 6.07) is 2.57. The van der Waals surface area contributed by atoms with E-state index in [4.69, 9.17) is 4.43 Å². The van der Waals surface area contributed by atoms with Gasteiger partial charge in [0.15, 0.2) is 8.32 Å². The zero-order chi connectivity index (χ0) is 13.1. The summed E-state index contributed by atoms with van der Waals surface area (Å²) >= 11 is 0. The monoisotopic (exact) mass is 251 g/mol. The van der Waals surface area contributed by atoms with Gasteiger partial charge in [0.2, 0.25) is 0 Å². The molecule has 3 heteroatoms. The van der Waals surface area contributed by atoms with Crippen LogP contribution in [0.3, 0.4) is 0 Å². The number of hydrogen-bond acceptors (Lipinski definition) is 2. The van der Waals surface area contributed by atoms with E-state index in [1.165, 1.54) is 6.42 Å². The molecule has 3 atom stereocenters. The minimum atomic E-state index is -1.69. The summed E-state index contributed by atoms with van der Waals surface area (Å²) < 4.78 is 6.39. The van der Waals surface area contributed by atoms with Crippen LogP contribution in [0, 0.1) is 28.1 Å². The third kappa shape index (κ3) is 1.53. The molecule has 2 nitrogen and oxygen atoms in total. The molecule has 2 bridgehead atoms. The standard InChI is InChI=1S/C14H25NOSi/c1-12(2)11-7-8-13(12,3)14(9-11,10-15)16-17(4,5)6/h11H,7-9H2,1-6H3/t11?,13-,14+/m1/s1. The van der Waals surface area contributed by atoms with Gasteiger partial charge in [0, 0.05) is 5.41 Å². The van der Waals surface area contributed by atoms with Crippen molar-refractivity contribution in [1.29, 1.82) is 5.26 Å². The molecular formula is C14H25NOSi. The molecule has 17 heavy (non-hydrogen) atoms. The molecule has 2 aliphatic carbocycles. The molecule has 0 aromatic heterocycles. The number of fused-ring (bicyclic) bond motifs is 2. The Morgan fingerprint density at radius 1 is 1.24 bits per heavy atom. The van der Waals surface area contributed by atoms with Gasteiger partial charge in [-0.25, -0.2) is 0 Å². The van der Waals surface area contributed by atoms with Crippen LogP contribution in [0.2, 0.25) is 19.6 Å². The minimum Gasteiger partial charge on any atom is -0.399 e. The zero-order valence-electron chi connectivity index (χ0n) is 12.1. The molecule has 2 aliphatic rings. The van der Waals surface area contributed by atoms with E-state index in [1.54, 1.807) is 0 Å². The fourth-order valence-electron chi connectivity index (χ4n) is 4.12. The van der Waals surface area contributed by atoms with E-state index in [1.807, 2.05) is 0 Å². The smallest absolute Gasteiger partial charge is 0.185 e. The van der Waals surface area contributed by atoms with Gasteiger partial charge in [-0.3, -0.25) is 0 Å². The van der Waals surface area contributed by atoms with Gasteiger partial charge in [0.25, 0.3) is 0 Å². The summed E-state index contributed by atoms with van der Waals surface area (Å²) in [5.74, 6) is 0.656. The number of nitrogens with zero attached hydrogens (tertiary/aromatic N) is 1. The molecule has 2 saturated carbocycles. The van der Waals surface area contributed by atoms with Gasteiger partial charge >= 0.3 is 0 Å². The summed E-state index contributed by atoms with van der Waals surface area (Å²) in [4.78, 5) is 0. The van der Waals surface area contributed by atoms with Crippen molar-refractivity contribution in [3.05, 3.63) is 0 Å². The fraction of sp³-hybridized carbons (Fsp3) is 0.929. The lowest BCUT2D eigenvalue weighted by atomic mass is 9.65. The van der Waals surface area contributed by atoms with Gasteiger partial charge in [-0.2, -0.15) is 5.26 Å². The summed E-state index contributed by atoms with van der Waals surface area (Å²) in [6.45, 7) is 13.5. The van der Waals surface area contributed by atoms with Gasteiger partial charge in [-0.1, -0.05) is 20.8 Å². The number of rotatable bonds is 2. The fourth-order valence-corrected chi connectivity index (χ4v) is 5.52. The molecular weight excluding hydrogens is 226 g/mol. The lowest BCUT2D eigenvalue weighted by molar-refractivity contribution is -0.0306. The van der Waals surface area contributed by atoms with Gasteiger partial charge in [0.05, 0.1) is 6.07 Å². The largest absolute Gasteiger partial charge is 0.399 e. The summed E-state index contributed by atoms with van der Waals surface area (Å²) in [7, 11) is -1.69. The third-order valence-electron chi connectivity index (χ3n) is 5.52. The molecule has 2 fully saturated rings. The first-order chi connectivity index (χ1) is 7.58. The van der Waals surface area contributed by atoms with Crippen molar-refractivity contribution in [2.45, 2.75) is 65.3 Å². The first-order valence-corrected chi connectivity index (χ1v) is 10.1. The van der Waals surface area contributed by atoms with Gasteiger partial charge < -0.3 is 4.43 Å². The van der Waals surface area contributed by atoms with Crippen molar-refractivity contribution in [2.75, 3.05) is 0 Å². The molecule has 0 spiro atoms. The quantitative estimate of drug-likeness (QED) is 0.696. The van der Waals surface area contributed by atoms with Crippen LogP contribution >= 0.6 is 0 Å². The Bertz CT molecular complexity index is 379. The van der Waals surface area contributed by atoms with E-state index in [-0.39, 0.29) is 10.8 Å². The predicted octanol–water partition coefficient (Wildman–Crippen LogP) is 3.95. The highest BCUT2D eigenvalue weighted by Gasteiger charge is 2.70. The van der Waals surface area contributed by atoms with E-state index in [9.17, 15) is 5.26 Å². The molecule has 96 valence electrons. The zero-order valence-corrected chi connectivity index (χ0v) is 13.1. The van der Waals surface area contributed by atoms with Crippen molar-refractivity contribution in [3.63, 3.8) is 0 Å². The minimum absolute atomic E-state index is 0.0275. The van der Waals surface area contributed by atoms with E-state index >= 15 is 0 Å². The maximum absolute atomic E-state index is 9.75. The van der Waals surface area contributed by atoms with Gasteiger partial charge in [-0.15, -0.1) is 0 Å². The average molecular weight is 251 g/mol. The van der Waals surface area contributed by atoms with Gasteiger partial charge in [-0.05, 0) is 50.2 Å². The normalized spacial score (nSPS) is 43.7. The maximum atomic E-state index is 9.75. The molecule has 1 unspecified atom stereocenters. The molecule has 0 heterocycles. The summed E-state index contributed by atoms with van der Waals surface area (Å²) in [5, 5.41) is 9.75. The Morgan fingerprint density at radius 3 is 2.12 bits per heavy atom. The molecule has 0 aliphatic heterocycles. The maximum Gasteiger partial charge on any atom is 0.185 e. The Hall–Kier alpha value is -0.333. The highest BCUT2D eigenvalue weighted by molar-refractivity contribution is 6.69. The highest BCUT2D eigenvalue weighted by atomic mass is 28.4. The lowest BCUT2D eigenvalue weighted by Crippen LogP contribution is -2.53. The van der Waals surface area contributed by atoms with Crippen LogP contribution < -0.4 is 0 Å². The van der Waals surface area contributed by atoms with Crippen LogP contribution in [0.25, 0.3) is 0 Å². The second-order valence-electron chi connectivity index (χ2n) is 7.65. The lowest BCUT2D eigenvalue weighted by Gasteiger charge is -2.46. The van der Waals surface area contributed by atoms with Crippen molar-refractivity contribution in [2.24, 2.45) is 16.7 Å². The van der Waals surface area contributed by atoms with Crippen molar-refractivity contribution < 1.29 is 4.43 Å². The Balaban J connectivity index is 2.43. The van der Waals surface area contributed by atoms with Crippen LogP contribution in [0.15, 0.2) is 0 Å². The summed E-state index contributed by atoms with van der Waals surface area (Å²) in [5.41, 5.74) is -0.258. The van der Waals surface area contributed by atoms with Crippen molar-refractivity contribution >= 4 is 8.32 Å². The SMILES string of the molecule is CC1(C)C2CC[C@@]1(C)[C@](C#N)(O[Si](C)(C)C)C2. The highest BCUT2D eigenvalue weighted by Crippen LogP contribution is 2.70. The first-order valence-electron chi connectivity index (χ1n) is 6.69. The summed E-state index contributed by atoms with van der Waals surface area (Å²) in [6.07, 6.45) is 3.35. The molecule has 0 aromatic carbocycles. The molecule has 0 N–H and O–H groups in total. The van der Waals surface area contributed by atoms with Crippen LogP contribution in [0.5, 0.6) is 0 Å². The van der Waals surface area contributed by atoms with E-state index in [2.05, 4.69) is 46.5 Å². The van der Waals surface area contributed by atoms with E-state index in [0.29, 0.717) is 5.92 Å².